The Bertz CT molecular complexity index is 925. The maximum absolute atomic E-state index is 13.1. The van der Waals surface area contributed by atoms with Crippen molar-refractivity contribution in [3.8, 4) is 11.4 Å². The maximum Gasteiger partial charge on any atom is 0.416 e. The number of nitrogens with one attached hydrogen (secondary N) is 1. The summed E-state index contributed by atoms with van der Waals surface area (Å²) in [6.07, 6.45) is -0.704. The summed E-state index contributed by atoms with van der Waals surface area (Å²) in [5.74, 6) is 1.33. The van der Waals surface area contributed by atoms with Crippen molar-refractivity contribution in [3.05, 3.63) is 41.6 Å². The smallest absolute Gasteiger partial charge is 0.356 e. The Morgan fingerprint density at radius 2 is 1.81 bits per heavy atom. The molecule has 144 valence electrons. The number of rotatable bonds is 6. The fourth-order valence-electron chi connectivity index (χ4n) is 3.28. The molecule has 0 aliphatic carbocycles. The van der Waals surface area contributed by atoms with Crippen LogP contribution in [0, 0.1) is 6.92 Å². The SMILES string of the molecule is CCCN(CCC)c1ncccc1-c1nc2c(C)cc(C(F)(F)F)cc2[nH]1. The highest BCUT2D eigenvalue weighted by molar-refractivity contribution is 5.85. The van der Waals surface area contributed by atoms with Crippen LogP contribution < -0.4 is 4.90 Å². The summed E-state index contributed by atoms with van der Waals surface area (Å²) in [7, 11) is 0. The van der Waals surface area contributed by atoms with Crippen LogP contribution >= 0.6 is 0 Å². The average Bonchev–Trinajstić information content (AvgIpc) is 3.05. The third-order valence-electron chi connectivity index (χ3n) is 4.43. The zero-order valence-corrected chi connectivity index (χ0v) is 15.7. The van der Waals surface area contributed by atoms with Gasteiger partial charge in [-0.1, -0.05) is 13.8 Å². The molecular weight excluding hydrogens is 353 g/mol. The number of pyridine rings is 1. The minimum Gasteiger partial charge on any atom is -0.356 e. The summed E-state index contributed by atoms with van der Waals surface area (Å²) in [6, 6.07) is 5.97. The van der Waals surface area contributed by atoms with Crippen molar-refractivity contribution in [2.75, 3.05) is 18.0 Å². The van der Waals surface area contributed by atoms with E-state index in [1.807, 2.05) is 12.1 Å². The van der Waals surface area contributed by atoms with Crippen molar-refractivity contribution >= 4 is 16.9 Å². The van der Waals surface area contributed by atoms with Crippen molar-refractivity contribution in [1.82, 2.24) is 15.0 Å². The normalized spacial score (nSPS) is 11.9. The molecule has 0 amide bonds. The molecule has 0 aliphatic rings. The molecule has 0 saturated heterocycles. The number of benzene rings is 1. The Morgan fingerprint density at radius 3 is 2.44 bits per heavy atom. The third kappa shape index (κ3) is 3.91. The Kier molecular flexibility index (Phi) is 5.39. The molecule has 1 N–H and O–H groups in total. The number of aryl methyl sites for hydroxylation is 1. The molecule has 0 atom stereocenters. The molecule has 0 saturated carbocycles. The van der Waals surface area contributed by atoms with Gasteiger partial charge in [0.25, 0.3) is 0 Å². The topological polar surface area (TPSA) is 44.8 Å². The molecule has 3 aromatic rings. The number of imidazole rings is 1. The summed E-state index contributed by atoms with van der Waals surface area (Å²) < 4.78 is 39.3. The first-order valence-corrected chi connectivity index (χ1v) is 9.13. The molecule has 3 rings (SSSR count). The van der Waals surface area contributed by atoms with Crippen LogP contribution in [0.25, 0.3) is 22.4 Å². The zero-order valence-electron chi connectivity index (χ0n) is 15.7. The van der Waals surface area contributed by atoms with Gasteiger partial charge in [-0.25, -0.2) is 9.97 Å². The van der Waals surface area contributed by atoms with Gasteiger partial charge in [-0.3, -0.25) is 0 Å². The van der Waals surface area contributed by atoms with Crippen LogP contribution in [0.2, 0.25) is 0 Å². The van der Waals surface area contributed by atoms with E-state index in [1.54, 1.807) is 13.1 Å². The number of alkyl halides is 3. The molecule has 0 bridgehead atoms. The Morgan fingerprint density at radius 1 is 1.11 bits per heavy atom. The number of halogens is 3. The summed E-state index contributed by atoms with van der Waals surface area (Å²) in [5.41, 5.74) is 1.54. The monoisotopic (exact) mass is 376 g/mol. The van der Waals surface area contributed by atoms with Gasteiger partial charge in [0, 0.05) is 19.3 Å². The number of aromatic amines is 1. The summed E-state index contributed by atoms with van der Waals surface area (Å²) >= 11 is 0. The van der Waals surface area contributed by atoms with Gasteiger partial charge in [0.1, 0.15) is 11.6 Å². The maximum atomic E-state index is 13.1. The van der Waals surface area contributed by atoms with Crippen LogP contribution in [-0.4, -0.2) is 28.0 Å². The van der Waals surface area contributed by atoms with Gasteiger partial charge in [-0.2, -0.15) is 13.2 Å². The first-order chi connectivity index (χ1) is 12.8. The van der Waals surface area contributed by atoms with E-state index in [4.69, 9.17) is 0 Å². The molecule has 1 aromatic carbocycles. The lowest BCUT2D eigenvalue weighted by molar-refractivity contribution is -0.137. The molecule has 0 unspecified atom stereocenters. The fraction of sp³-hybridized carbons (Fsp3) is 0.400. The van der Waals surface area contributed by atoms with Crippen LogP contribution in [0.3, 0.4) is 0 Å². The van der Waals surface area contributed by atoms with Gasteiger partial charge in [0.15, 0.2) is 0 Å². The largest absolute Gasteiger partial charge is 0.416 e. The lowest BCUT2D eigenvalue weighted by Crippen LogP contribution is -2.26. The molecule has 2 heterocycles. The minimum atomic E-state index is -4.39. The average molecular weight is 376 g/mol. The molecule has 0 fully saturated rings. The van der Waals surface area contributed by atoms with E-state index in [-0.39, 0.29) is 0 Å². The van der Waals surface area contributed by atoms with E-state index < -0.39 is 11.7 Å². The third-order valence-corrected chi connectivity index (χ3v) is 4.43. The molecule has 4 nitrogen and oxygen atoms in total. The predicted octanol–water partition coefficient (Wildman–Crippen LogP) is 5.58. The zero-order chi connectivity index (χ0) is 19.6. The first-order valence-electron chi connectivity index (χ1n) is 9.13. The van der Waals surface area contributed by atoms with Crippen molar-refractivity contribution in [3.63, 3.8) is 0 Å². The van der Waals surface area contributed by atoms with Crippen molar-refractivity contribution in [2.45, 2.75) is 39.8 Å². The lowest BCUT2D eigenvalue weighted by atomic mass is 10.1. The number of aromatic nitrogens is 3. The summed E-state index contributed by atoms with van der Waals surface area (Å²) in [4.78, 5) is 14.4. The van der Waals surface area contributed by atoms with Gasteiger partial charge in [-0.15, -0.1) is 0 Å². The molecular formula is C20H23F3N4. The molecule has 2 aromatic heterocycles. The van der Waals surface area contributed by atoms with Gasteiger partial charge < -0.3 is 9.88 Å². The van der Waals surface area contributed by atoms with Gasteiger partial charge in [-0.05, 0) is 49.6 Å². The van der Waals surface area contributed by atoms with Crippen LogP contribution in [0.4, 0.5) is 19.0 Å². The van der Waals surface area contributed by atoms with Crippen LogP contribution in [-0.2, 0) is 6.18 Å². The minimum absolute atomic E-state index is 0.379. The van der Waals surface area contributed by atoms with Gasteiger partial charge >= 0.3 is 6.18 Å². The lowest BCUT2D eigenvalue weighted by Gasteiger charge is -2.24. The number of fused-ring (bicyclic) bond motifs is 1. The molecule has 0 radical (unpaired) electrons. The van der Waals surface area contributed by atoms with Crippen molar-refractivity contribution < 1.29 is 13.2 Å². The fourth-order valence-corrected chi connectivity index (χ4v) is 3.28. The van der Waals surface area contributed by atoms with E-state index in [9.17, 15) is 13.2 Å². The van der Waals surface area contributed by atoms with E-state index >= 15 is 0 Å². The molecule has 0 spiro atoms. The van der Waals surface area contributed by atoms with Gasteiger partial charge in [0.05, 0.1) is 22.2 Å². The second-order valence-electron chi connectivity index (χ2n) is 6.63. The highest BCUT2D eigenvalue weighted by Gasteiger charge is 2.31. The standard InChI is InChI=1S/C20H23F3N4/c1-4-9-27(10-5-2)19-15(7-6-8-24-19)18-25-16-12-14(20(21,22)23)11-13(3)17(16)26-18/h6-8,11-12H,4-5,9-10H2,1-3H3,(H,25,26). The number of hydrogen-bond acceptors (Lipinski definition) is 3. The van der Waals surface area contributed by atoms with Gasteiger partial charge in [0.2, 0.25) is 0 Å². The number of nitrogens with zero attached hydrogens (tertiary/aromatic N) is 3. The van der Waals surface area contributed by atoms with Crippen LogP contribution in [0.1, 0.15) is 37.8 Å². The number of H-pyrrole nitrogens is 1. The molecule has 7 heteroatoms. The molecule has 27 heavy (non-hydrogen) atoms. The van der Waals surface area contributed by atoms with Crippen LogP contribution in [0.5, 0.6) is 0 Å². The Hall–Kier alpha value is -2.57. The summed E-state index contributed by atoms with van der Waals surface area (Å²) in [6.45, 7) is 7.57. The quantitative estimate of drug-likeness (QED) is 0.611. The van der Waals surface area contributed by atoms with E-state index in [0.717, 1.165) is 49.4 Å². The first kappa shape index (κ1) is 19.2. The van der Waals surface area contributed by atoms with Crippen molar-refractivity contribution in [2.24, 2.45) is 0 Å². The highest BCUT2D eigenvalue weighted by atomic mass is 19.4. The second-order valence-corrected chi connectivity index (χ2v) is 6.63. The Labute approximate surface area is 156 Å². The Balaban J connectivity index is 2.12. The molecule has 0 aliphatic heterocycles. The second kappa shape index (κ2) is 7.58. The van der Waals surface area contributed by atoms with Crippen LogP contribution in [0.15, 0.2) is 30.5 Å². The predicted molar refractivity (Wildman–Crippen MR) is 102 cm³/mol. The highest BCUT2D eigenvalue weighted by Crippen LogP contribution is 2.34. The summed E-state index contributed by atoms with van der Waals surface area (Å²) in [5, 5.41) is 0. The van der Waals surface area contributed by atoms with Crippen molar-refractivity contribution in [1.29, 1.82) is 0 Å². The van der Waals surface area contributed by atoms with E-state index in [1.165, 1.54) is 0 Å². The number of hydrogen-bond donors (Lipinski definition) is 1. The van der Waals surface area contributed by atoms with E-state index in [2.05, 4.69) is 33.7 Å². The van der Waals surface area contributed by atoms with E-state index in [0.29, 0.717) is 22.4 Å². The number of anilines is 1.